The number of benzene rings is 1. The number of rotatable bonds is 0. The molecule has 0 aliphatic carbocycles. The molecule has 14 heavy (non-hydrogen) atoms. The van der Waals surface area contributed by atoms with Crippen molar-refractivity contribution in [2.45, 2.75) is 33.3 Å². The molecule has 0 bridgehead atoms. The van der Waals surface area contributed by atoms with E-state index < -0.39 is 0 Å². The van der Waals surface area contributed by atoms with Crippen LogP contribution in [0.5, 0.6) is 5.75 Å². The summed E-state index contributed by atoms with van der Waals surface area (Å²) in [5, 5.41) is 0. The van der Waals surface area contributed by atoms with Crippen LogP contribution in [0.3, 0.4) is 0 Å². The number of nitrogens with zero attached hydrogens (tertiary/aromatic N) is 1. The van der Waals surface area contributed by atoms with Crippen LogP contribution in [0.2, 0.25) is 0 Å². The molecule has 0 saturated carbocycles. The minimum atomic E-state index is -0.285. The Morgan fingerprint density at radius 1 is 1.21 bits per heavy atom. The van der Waals surface area contributed by atoms with Crippen molar-refractivity contribution < 1.29 is 4.74 Å². The third-order valence-corrected chi connectivity index (χ3v) is 2.28. The molecule has 2 heteroatoms. The smallest absolute Gasteiger partial charge is 0.149 e. The van der Waals surface area contributed by atoms with Gasteiger partial charge in [-0.25, -0.2) is 0 Å². The van der Waals surface area contributed by atoms with Crippen molar-refractivity contribution >= 4 is 11.9 Å². The summed E-state index contributed by atoms with van der Waals surface area (Å²) in [6.07, 6.45) is 1.86. The van der Waals surface area contributed by atoms with Crippen molar-refractivity contribution in [2.24, 2.45) is 4.99 Å². The first-order valence-corrected chi connectivity index (χ1v) is 4.83. The molecule has 0 spiro atoms. The molecule has 2 rings (SSSR count). The molecule has 0 N–H and O–H groups in total. The van der Waals surface area contributed by atoms with Crippen molar-refractivity contribution in [1.82, 2.24) is 0 Å². The monoisotopic (exact) mass is 189 g/mol. The van der Waals surface area contributed by atoms with Gasteiger partial charge in [-0.05, 0) is 44.9 Å². The summed E-state index contributed by atoms with van der Waals surface area (Å²) in [5.41, 5.74) is 3.04. The number of fused-ring (bicyclic) bond motifs is 1. The number of aliphatic imine (C=N–C) groups is 1. The summed E-state index contributed by atoms with van der Waals surface area (Å²) in [5.74, 6) is 0.920. The van der Waals surface area contributed by atoms with Gasteiger partial charge in [0.1, 0.15) is 17.0 Å². The molecule has 1 heterocycles. The zero-order valence-electron chi connectivity index (χ0n) is 9.09. The molecule has 1 aromatic rings. The largest absolute Gasteiger partial charge is 0.480 e. The Balaban J connectivity index is 2.56. The maximum atomic E-state index is 5.86. The lowest BCUT2D eigenvalue weighted by Crippen LogP contribution is -2.32. The molecule has 74 valence electrons. The third kappa shape index (κ3) is 1.52. The molecule has 1 aliphatic heterocycles. The zero-order chi connectivity index (χ0) is 10.3. The van der Waals surface area contributed by atoms with Gasteiger partial charge >= 0.3 is 0 Å². The van der Waals surface area contributed by atoms with Crippen molar-refractivity contribution in [3.05, 3.63) is 23.3 Å². The lowest BCUT2D eigenvalue weighted by atomic mass is 10.1. The van der Waals surface area contributed by atoms with E-state index in [9.17, 15) is 0 Å². The van der Waals surface area contributed by atoms with Crippen molar-refractivity contribution in [3.63, 3.8) is 0 Å². The van der Waals surface area contributed by atoms with Gasteiger partial charge in [0.2, 0.25) is 0 Å². The highest BCUT2D eigenvalue weighted by atomic mass is 16.5. The van der Waals surface area contributed by atoms with Gasteiger partial charge in [0, 0.05) is 6.21 Å². The molecule has 0 saturated heterocycles. The number of hydrogen-bond donors (Lipinski definition) is 0. The molecule has 1 aromatic carbocycles. The summed E-state index contributed by atoms with van der Waals surface area (Å²) < 4.78 is 5.86. The van der Waals surface area contributed by atoms with E-state index in [0.717, 1.165) is 17.0 Å². The van der Waals surface area contributed by atoms with Crippen LogP contribution < -0.4 is 4.74 Å². The van der Waals surface area contributed by atoms with E-state index >= 15 is 0 Å². The van der Waals surface area contributed by atoms with E-state index in [2.05, 4.69) is 24.9 Å². The molecule has 2 nitrogen and oxygen atoms in total. The molecule has 1 aliphatic rings. The van der Waals surface area contributed by atoms with Crippen LogP contribution >= 0.6 is 0 Å². The second-order valence-electron chi connectivity index (χ2n) is 4.39. The predicted molar refractivity (Wildman–Crippen MR) is 58.8 cm³/mol. The van der Waals surface area contributed by atoms with Crippen LogP contribution in [0.15, 0.2) is 17.1 Å². The van der Waals surface area contributed by atoms with Gasteiger partial charge in [0.05, 0.1) is 0 Å². The minimum Gasteiger partial charge on any atom is -0.480 e. The quantitative estimate of drug-likeness (QED) is 0.614. The van der Waals surface area contributed by atoms with Crippen molar-refractivity contribution in [2.75, 3.05) is 0 Å². The standard InChI is InChI=1S/C12H15NO/c1-8-5-9(2)11-10(6-8)13-7-12(3,4)14-11/h5-7H,1-4H3. The molecule has 0 radical (unpaired) electrons. The summed E-state index contributed by atoms with van der Waals surface area (Å²) in [4.78, 5) is 4.42. The van der Waals surface area contributed by atoms with Gasteiger partial charge in [-0.2, -0.15) is 0 Å². The van der Waals surface area contributed by atoms with Gasteiger partial charge in [0.15, 0.2) is 0 Å². The Morgan fingerprint density at radius 3 is 2.64 bits per heavy atom. The van der Waals surface area contributed by atoms with Crippen LogP contribution in [0.4, 0.5) is 5.69 Å². The lowest BCUT2D eigenvalue weighted by molar-refractivity contribution is 0.183. The number of hydrogen-bond acceptors (Lipinski definition) is 2. The topological polar surface area (TPSA) is 21.6 Å². The lowest BCUT2D eigenvalue weighted by Gasteiger charge is -2.28. The van der Waals surface area contributed by atoms with Crippen LogP contribution in [0, 0.1) is 13.8 Å². The average Bonchev–Trinajstić information content (AvgIpc) is 2.06. The summed E-state index contributed by atoms with van der Waals surface area (Å²) in [6, 6.07) is 4.17. The van der Waals surface area contributed by atoms with Crippen molar-refractivity contribution in [3.8, 4) is 5.75 Å². The van der Waals surface area contributed by atoms with Gasteiger partial charge in [0.25, 0.3) is 0 Å². The molecular weight excluding hydrogens is 174 g/mol. The summed E-state index contributed by atoms with van der Waals surface area (Å²) in [7, 11) is 0. The van der Waals surface area contributed by atoms with E-state index in [4.69, 9.17) is 4.74 Å². The van der Waals surface area contributed by atoms with Crippen LogP contribution in [0.25, 0.3) is 0 Å². The first-order chi connectivity index (χ1) is 6.48. The van der Waals surface area contributed by atoms with E-state index in [-0.39, 0.29) is 5.60 Å². The first kappa shape index (κ1) is 9.25. The van der Waals surface area contributed by atoms with E-state index in [0.29, 0.717) is 0 Å². The number of aryl methyl sites for hydroxylation is 2. The van der Waals surface area contributed by atoms with E-state index in [1.807, 2.05) is 26.1 Å². The Morgan fingerprint density at radius 2 is 1.93 bits per heavy atom. The number of ether oxygens (including phenoxy) is 1. The SMILES string of the molecule is Cc1cc(C)c2c(c1)N=CC(C)(C)O2. The van der Waals surface area contributed by atoms with Gasteiger partial charge < -0.3 is 4.74 Å². The Kier molecular flexibility index (Phi) is 1.88. The Bertz CT molecular complexity index is 405. The molecular formula is C12H15NO. The molecule has 0 unspecified atom stereocenters. The van der Waals surface area contributed by atoms with Crippen molar-refractivity contribution in [1.29, 1.82) is 0 Å². The fourth-order valence-electron chi connectivity index (χ4n) is 1.68. The summed E-state index contributed by atoms with van der Waals surface area (Å²) >= 11 is 0. The van der Waals surface area contributed by atoms with Crippen LogP contribution in [-0.4, -0.2) is 11.8 Å². The fourth-order valence-corrected chi connectivity index (χ4v) is 1.68. The molecule has 0 aromatic heterocycles. The van der Waals surface area contributed by atoms with Gasteiger partial charge in [-0.1, -0.05) is 6.07 Å². The molecule has 0 fully saturated rings. The minimum absolute atomic E-state index is 0.285. The maximum Gasteiger partial charge on any atom is 0.149 e. The highest BCUT2D eigenvalue weighted by molar-refractivity contribution is 5.77. The van der Waals surface area contributed by atoms with Crippen LogP contribution in [0.1, 0.15) is 25.0 Å². The Labute approximate surface area is 84.6 Å². The van der Waals surface area contributed by atoms with E-state index in [1.54, 1.807) is 0 Å². The molecule has 0 atom stereocenters. The Hall–Kier alpha value is -1.31. The fraction of sp³-hybridized carbons (Fsp3) is 0.417. The second-order valence-corrected chi connectivity index (χ2v) is 4.39. The second kappa shape index (κ2) is 2.84. The normalized spacial score (nSPS) is 17.4. The first-order valence-electron chi connectivity index (χ1n) is 4.83. The van der Waals surface area contributed by atoms with Crippen LogP contribution in [-0.2, 0) is 0 Å². The van der Waals surface area contributed by atoms with Gasteiger partial charge in [-0.15, -0.1) is 0 Å². The zero-order valence-corrected chi connectivity index (χ0v) is 9.09. The third-order valence-electron chi connectivity index (χ3n) is 2.28. The maximum absolute atomic E-state index is 5.86. The van der Waals surface area contributed by atoms with Gasteiger partial charge in [-0.3, -0.25) is 4.99 Å². The molecule has 0 amide bonds. The predicted octanol–water partition coefficient (Wildman–Crippen LogP) is 3.18. The highest BCUT2D eigenvalue weighted by Crippen LogP contribution is 2.37. The van der Waals surface area contributed by atoms with E-state index in [1.165, 1.54) is 5.56 Å². The summed E-state index contributed by atoms with van der Waals surface area (Å²) in [6.45, 7) is 8.16. The average molecular weight is 189 g/mol. The highest BCUT2D eigenvalue weighted by Gasteiger charge is 2.24.